The fourth-order valence-electron chi connectivity index (χ4n) is 2.21. The number of carboxylic acid groups (broad SMARTS) is 1. The van der Waals surface area contributed by atoms with E-state index in [-0.39, 0.29) is 78.4 Å². The number of carbonyl (C=O) groups is 3. The van der Waals surface area contributed by atoms with Gasteiger partial charge in [-0.15, -0.1) is 0 Å². The van der Waals surface area contributed by atoms with Crippen LogP contribution >= 0.6 is 0 Å². The largest absolute Gasteiger partial charge is 1.00 e. The van der Waals surface area contributed by atoms with Gasteiger partial charge < -0.3 is 20.4 Å². The molecule has 0 aromatic rings. The van der Waals surface area contributed by atoms with E-state index < -0.39 is 23.9 Å². The van der Waals surface area contributed by atoms with Crippen molar-refractivity contribution in [2.24, 2.45) is 5.73 Å². The number of hydrogen-bond acceptors (Lipinski definition) is 6. The van der Waals surface area contributed by atoms with E-state index in [9.17, 15) is 19.5 Å². The Labute approximate surface area is 195 Å². The van der Waals surface area contributed by atoms with Crippen LogP contribution in [0, 0.1) is 0 Å². The van der Waals surface area contributed by atoms with Crippen molar-refractivity contribution >= 4 is 17.9 Å². The van der Waals surface area contributed by atoms with Gasteiger partial charge in [-0.25, -0.2) is 4.79 Å². The van der Waals surface area contributed by atoms with Crippen molar-refractivity contribution in [3.05, 3.63) is 0 Å². The van der Waals surface area contributed by atoms with Gasteiger partial charge in [0, 0.05) is 12.4 Å². The maximum Gasteiger partial charge on any atom is 1.00 e. The molecule has 0 aliphatic heterocycles. The fourth-order valence-corrected chi connectivity index (χ4v) is 2.21. The molecule has 0 bridgehead atoms. The summed E-state index contributed by atoms with van der Waals surface area (Å²) in [5.74, 6) is -2.75. The summed E-state index contributed by atoms with van der Waals surface area (Å²) in [6, 6.07) is -1.10. The molecule has 8 heteroatoms. The molecule has 134 valence electrons. The Hall–Kier alpha value is 0.570. The van der Waals surface area contributed by atoms with Crippen molar-refractivity contribution in [2.45, 2.75) is 90.0 Å². The van der Waals surface area contributed by atoms with Crippen molar-refractivity contribution in [2.75, 3.05) is 0 Å². The summed E-state index contributed by atoms with van der Waals surface area (Å²) in [6.07, 6.45) is 9.99. The van der Waals surface area contributed by atoms with Gasteiger partial charge in [-0.05, 0) is 19.3 Å². The van der Waals surface area contributed by atoms with E-state index in [2.05, 4.69) is 11.7 Å². The summed E-state index contributed by atoms with van der Waals surface area (Å²) in [7, 11) is 0. The molecule has 0 rings (SSSR count). The summed E-state index contributed by atoms with van der Waals surface area (Å²) < 4.78 is 4.60. The number of rotatable bonds is 14. The Morgan fingerprint density at radius 2 is 1.36 bits per heavy atom. The summed E-state index contributed by atoms with van der Waals surface area (Å²) >= 11 is 0. The number of unbranched alkanes of at least 4 members (excludes halogenated alkanes) is 8. The second-order valence-electron chi connectivity index (χ2n) is 5.89. The van der Waals surface area contributed by atoms with Crippen LogP contribution in [0.4, 0.5) is 0 Å². The summed E-state index contributed by atoms with van der Waals surface area (Å²) in [4.78, 5) is 33.2. The van der Waals surface area contributed by atoms with Gasteiger partial charge in [0.15, 0.2) is 0 Å². The van der Waals surface area contributed by atoms with Crippen molar-refractivity contribution in [1.82, 2.24) is 0 Å². The van der Waals surface area contributed by atoms with Gasteiger partial charge in [0.1, 0.15) is 6.04 Å². The first-order valence-corrected chi connectivity index (χ1v) is 8.67. The van der Waals surface area contributed by atoms with Gasteiger partial charge in [-0.1, -0.05) is 58.3 Å². The average Bonchev–Trinajstić information content (AvgIpc) is 2.50. The van der Waals surface area contributed by atoms with E-state index in [1.165, 1.54) is 38.5 Å². The Morgan fingerprint density at radius 3 is 1.84 bits per heavy atom. The van der Waals surface area contributed by atoms with Crippen molar-refractivity contribution in [3.8, 4) is 0 Å². The molecule has 25 heavy (non-hydrogen) atoms. The van der Waals surface area contributed by atoms with Gasteiger partial charge in [-0.2, -0.15) is 0 Å². The third kappa shape index (κ3) is 20.7. The predicted octanol–water partition coefficient (Wildman–Crippen LogP) is -4.16. The molecule has 0 radical (unpaired) electrons. The monoisotopic (exact) mass is 374 g/mol. The van der Waals surface area contributed by atoms with Crippen LogP contribution in [-0.2, 0) is 19.1 Å². The summed E-state index contributed by atoms with van der Waals surface area (Å²) in [6.45, 7) is 2.19. The van der Waals surface area contributed by atoms with E-state index in [1.54, 1.807) is 0 Å². The molecule has 6 nitrogen and oxygen atoms in total. The summed E-state index contributed by atoms with van der Waals surface area (Å²) in [5, 5.41) is 10.3. The van der Waals surface area contributed by atoms with Crippen molar-refractivity contribution in [3.63, 3.8) is 0 Å². The van der Waals surface area contributed by atoms with Gasteiger partial charge in [-0.3, -0.25) is 4.79 Å². The molecule has 0 spiro atoms. The first-order valence-electron chi connectivity index (χ1n) is 8.67. The third-order valence-electron chi connectivity index (χ3n) is 3.66. The fraction of sp³-hybridized carbons (Fsp3) is 0.824. The Morgan fingerprint density at radius 1 is 0.880 bits per heavy atom. The Kier molecular flexibility index (Phi) is 25.3. The molecule has 0 amide bonds. The van der Waals surface area contributed by atoms with Crippen molar-refractivity contribution < 1.29 is 83.3 Å². The number of hydrogen-bond donors (Lipinski definition) is 1. The number of ether oxygens (including phenoxy) is 1. The normalized spacial score (nSPS) is 11.0. The first kappa shape index (κ1) is 30.3. The molecule has 1 unspecified atom stereocenters. The van der Waals surface area contributed by atoms with Crippen LogP contribution in [0.2, 0.25) is 0 Å². The van der Waals surface area contributed by atoms with E-state index in [0.29, 0.717) is 6.42 Å². The molecule has 0 heterocycles. The van der Waals surface area contributed by atoms with E-state index in [0.717, 1.165) is 12.8 Å². The van der Waals surface area contributed by atoms with Crippen molar-refractivity contribution in [1.29, 1.82) is 0 Å². The maximum absolute atomic E-state index is 11.5. The zero-order valence-electron chi connectivity index (χ0n) is 16.2. The number of aliphatic carboxylic acids is 1. The zero-order valence-corrected chi connectivity index (χ0v) is 20.2. The average molecular weight is 374 g/mol. The molecular weight excluding hydrogens is 344 g/mol. The van der Waals surface area contributed by atoms with Crippen LogP contribution in [-0.4, -0.2) is 23.9 Å². The molecule has 0 saturated carbocycles. The van der Waals surface area contributed by atoms with Crippen LogP contribution in [0.15, 0.2) is 0 Å². The topological polar surface area (TPSA) is 110 Å². The zero-order chi connectivity index (χ0) is 17.5. The quantitative estimate of drug-likeness (QED) is 0.143. The third-order valence-corrected chi connectivity index (χ3v) is 3.66. The molecule has 0 saturated heterocycles. The van der Waals surface area contributed by atoms with E-state index >= 15 is 0 Å². The van der Waals surface area contributed by atoms with Gasteiger partial charge in [0.2, 0.25) is 0 Å². The molecule has 1 atom stereocenters. The minimum Gasteiger partial charge on any atom is -0.550 e. The predicted molar refractivity (Wildman–Crippen MR) is 85.2 cm³/mol. The van der Waals surface area contributed by atoms with Crippen LogP contribution in [0.3, 0.4) is 0 Å². The molecule has 0 fully saturated rings. The maximum atomic E-state index is 11.5. The van der Waals surface area contributed by atoms with Gasteiger partial charge in [0.05, 0.1) is 0 Å². The SMILES string of the molecule is CCCCCCCCCCCC(=O)OC(=O)C(N)CCC(=O)[O-].[Na+].[Na+]. The second kappa shape index (κ2) is 20.9. The van der Waals surface area contributed by atoms with Crippen LogP contribution in [0.1, 0.15) is 84.0 Å². The van der Waals surface area contributed by atoms with E-state index in [4.69, 9.17) is 5.73 Å². The summed E-state index contributed by atoms with van der Waals surface area (Å²) in [5.41, 5.74) is 5.44. The van der Waals surface area contributed by atoms with Gasteiger partial charge >= 0.3 is 71.1 Å². The number of carbonyl (C=O) groups excluding carboxylic acids is 3. The van der Waals surface area contributed by atoms with E-state index in [1.807, 2.05) is 0 Å². The van der Waals surface area contributed by atoms with Gasteiger partial charge in [0.25, 0.3) is 0 Å². The minimum atomic E-state index is -1.28. The number of carboxylic acids is 1. The first-order chi connectivity index (χ1) is 11.0. The number of esters is 2. The van der Waals surface area contributed by atoms with Crippen LogP contribution in [0.25, 0.3) is 0 Å². The number of nitrogens with two attached hydrogens (primary N) is 1. The molecule has 0 aliphatic carbocycles. The molecule has 0 aromatic carbocycles. The van der Waals surface area contributed by atoms with Crippen LogP contribution in [0.5, 0.6) is 0 Å². The Bertz CT molecular complexity index is 367. The standard InChI is InChI=1S/C17H31NO5.2Na/c1-2-3-4-5-6-7-8-9-10-11-16(21)23-17(22)14(18)12-13-15(19)20;;/h14H,2-13,18H2,1H3,(H,19,20);;/q;2*+1/p-1. The molecule has 0 aromatic heterocycles. The second-order valence-corrected chi connectivity index (χ2v) is 5.89. The molecule has 0 aliphatic rings. The molecule has 2 N–H and O–H groups in total. The smallest absolute Gasteiger partial charge is 0.550 e. The van der Waals surface area contributed by atoms with Crippen LogP contribution < -0.4 is 70.0 Å². The molecular formula is C17H30NNa2O5+. The Balaban J connectivity index is -0.00000242. The minimum absolute atomic E-state index is 0.